The summed E-state index contributed by atoms with van der Waals surface area (Å²) in [6, 6.07) is 15.6. The summed E-state index contributed by atoms with van der Waals surface area (Å²) in [4.78, 5) is 12.2. The zero-order valence-corrected chi connectivity index (χ0v) is 17.3. The first-order valence-electron chi connectivity index (χ1n) is 9.67. The molecule has 1 amide bonds. The number of para-hydroxylation sites is 1. The molecule has 152 valence electrons. The van der Waals surface area contributed by atoms with Gasteiger partial charge in [0.15, 0.2) is 0 Å². The standard InChI is InChI=1S/C23H27N3O3/c1-16(2)24-22(27)13-10-17-15-26(18-8-6-5-7-9-18)25-23(17)20-14-19(28-3)11-12-21(20)29-4/h5-9,11-12,14-16H,10,13H2,1-4H3,(H,24,27). The van der Waals surface area contributed by atoms with Gasteiger partial charge in [-0.15, -0.1) is 0 Å². The van der Waals surface area contributed by atoms with Gasteiger partial charge < -0.3 is 14.8 Å². The van der Waals surface area contributed by atoms with Gasteiger partial charge in [-0.3, -0.25) is 4.79 Å². The van der Waals surface area contributed by atoms with Crippen molar-refractivity contribution >= 4 is 5.91 Å². The number of nitrogens with zero attached hydrogens (tertiary/aromatic N) is 2. The van der Waals surface area contributed by atoms with Crippen molar-refractivity contribution in [3.8, 4) is 28.4 Å². The van der Waals surface area contributed by atoms with E-state index in [1.807, 2.05) is 73.3 Å². The van der Waals surface area contributed by atoms with Crippen molar-refractivity contribution in [1.29, 1.82) is 0 Å². The predicted octanol–water partition coefficient (Wildman–Crippen LogP) is 4.01. The average Bonchev–Trinajstić information content (AvgIpc) is 3.16. The van der Waals surface area contributed by atoms with Crippen LogP contribution in [0, 0.1) is 0 Å². The number of methoxy groups -OCH3 is 2. The third-order valence-corrected chi connectivity index (χ3v) is 4.54. The topological polar surface area (TPSA) is 65.4 Å². The second-order valence-electron chi connectivity index (χ2n) is 7.07. The largest absolute Gasteiger partial charge is 0.497 e. The number of carbonyl (C=O) groups is 1. The average molecular weight is 393 g/mol. The minimum absolute atomic E-state index is 0.0241. The first-order chi connectivity index (χ1) is 14.0. The highest BCUT2D eigenvalue weighted by Gasteiger charge is 2.18. The lowest BCUT2D eigenvalue weighted by molar-refractivity contribution is -0.121. The molecule has 0 fully saturated rings. The van der Waals surface area contributed by atoms with E-state index in [2.05, 4.69) is 5.32 Å². The number of aryl methyl sites for hydroxylation is 1. The number of carbonyl (C=O) groups excluding carboxylic acids is 1. The van der Waals surface area contributed by atoms with Crippen LogP contribution in [0.5, 0.6) is 11.5 Å². The summed E-state index contributed by atoms with van der Waals surface area (Å²) in [7, 11) is 3.26. The lowest BCUT2D eigenvalue weighted by Crippen LogP contribution is -2.30. The number of ether oxygens (including phenoxy) is 2. The first-order valence-corrected chi connectivity index (χ1v) is 9.67. The number of hydrogen-bond acceptors (Lipinski definition) is 4. The van der Waals surface area contributed by atoms with Crippen LogP contribution in [0.4, 0.5) is 0 Å². The smallest absolute Gasteiger partial charge is 0.220 e. The van der Waals surface area contributed by atoms with Gasteiger partial charge in [-0.1, -0.05) is 18.2 Å². The number of amides is 1. The Bertz CT molecular complexity index is 965. The Balaban J connectivity index is 2.02. The maximum absolute atomic E-state index is 12.2. The molecule has 3 rings (SSSR count). The fourth-order valence-electron chi connectivity index (χ4n) is 3.17. The van der Waals surface area contributed by atoms with Gasteiger partial charge in [-0.25, -0.2) is 4.68 Å². The Morgan fingerprint density at radius 2 is 1.86 bits per heavy atom. The van der Waals surface area contributed by atoms with Gasteiger partial charge in [0.05, 0.1) is 25.6 Å². The molecule has 0 bridgehead atoms. The van der Waals surface area contributed by atoms with E-state index >= 15 is 0 Å². The zero-order chi connectivity index (χ0) is 20.8. The molecule has 0 saturated carbocycles. The van der Waals surface area contributed by atoms with Gasteiger partial charge in [0.25, 0.3) is 0 Å². The van der Waals surface area contributed by atoms with E-state index in [9.17, 15) is 4.79 Å². The molecule has 2 aromatic carbocycles. The fourth-order valence-corrected chi connectivity index (χ4v) is 3.17. The van der Waals surface area contributed by atoms with Crippen LogP contribution in [0.1, 0.15) is 25.8 Å². The second-order valence-corrected chi connectivity index (χ2v) is 7.07. The minimum Gasteiger partial charge on any atom is -0.497 e. The van der Waals surface area contributed by atoms with E-state index in [4.69, 9.17) is 14.6 Å². The molecule has 0 unspecified atom stereocenters. The summed E-state index contributed by atoms with van der Waals surface area (Å²) in [6.07, 6.45) is 2.94. The van der Waals surface area contributed by atoms with Crippen molar-refractivity contribution in [3.05, 3.63) is 60.3 Å². The Morgan fingerprint density at radius 3 is 2.52 bits per heavy atom. The third-order valence-electron chi connectivity index (χ3n) is 4.54. The van der Waals surface area contributed by atoms with Crippen molar-refractivity contribution in [1.82, 2.24) is 15.1 Å². The van der Waals surface area contributed by atoms with Crippen LogP contribution in [-0.2, 0) is 11.2 Å². The molecule has 6 nitrogen and oxygen atoms in total. The Morgan fingerprint density at radius 1 is 1.10 bits per heavy atom. The first kappa shape index (κ1) is 20.5. The second kappa shape index (κ2) is 9.28. The van der Waals surface area contributed by atoms with E-state index in [1.165, 1.54) is 0 Å². The lowest BCUT2D eigenvalue weighted by atomic mass is 10.0. The fraction of sp³-hybridized carbons (Fsp3) is 0.304. The van der Waals surface area contributed by atoms with Crippen LogP contribution in [0.3, 0.4) is 0 Å². The zero-order valence-electron chi connectivity index (χ0n) is 17.3. The summed E-state index contributed by atoms with van der Waals surface area (Å²) in [5.41, 5.74) is 3.54. The van der Waals surface area contributed by atoms with Crippen LogP contribution >= 0.6 is 0 Å². The molecule has 29 heavy (non-hydrogen) atoms. The number of hydrogen-bond donors (Lipinski definition) is 1. The van der Waals surface area contributed by atoms with Crippen molar-refractivity contribution in [2.75, 3.05) is 14.2 Å². The van der Waals surface area contributed by atoms with E-state index in [0.717, 1.165) is 28.3 Å². The normalized spacial score (nSPS) is 10.8. The van der Waals surface area contributed by atoms with Gasteiger partial charge in [0, 0.05) is 24.2 Å². The molecule has 0 saturated heterocycles. The summed E-state index contributed by atoms with van der Waals surface area (Å²) < 4.78 is 12.8. The molecule has 1 N–H and O–H groups in total. The molecular formula is C23H27N3O3. The van der Waals surface area contributed by atoms with E-state index < -0.39 is 0 Å². The summed E-state index contributed by atoms with van der Waals surface area (Å²) in [6.45, 7) is 3.91. The maximum Gasteiger partial charge on any atom is 0.220 e. The van der Waals surface area contributed by atoms with Crippen LogP contribution < -0.4 is 14.8 Å². The van der Waals surface area contributed by atoms with E-state index in [-0.39, 0.29) is 11.9 Å². The van der Waals surface area contributed by atoms with Gasteiger partial charge in [0.2, 0.25) is 5.91 Å². The molecule has 1 aromatic heterocycles. The van der Waals surface area contributed by atoms with Crippen LogP contribution in [0.2, 0.25) is 0 Å². The van der Waals surface area contributed by atoms with Crippen molar-refractivity contribution in [2.45, 2.75) is 32.7 Å². The van der Waals surface area contributed by atoms with Crippen molar-refractivity contribution in [3.63, 3.8) is 0 Å². The van der Waals surface area contributed by atoms with Crippen LogP contribution in [0.25, 0.3) is 16.9 Å². The minimum atomic E-state index is 0.0241. The molecule has 6 heteroatoms. The van der Waals surface area contributed by atoms with Gasteiger partial charge >= 0.3 is 0 Å². The summed E-state index contributed by atoms with van der Waals surface area (Å²) in [5, 5.41) is 7.76. The quantitative estimate of drug-likeness (QED) is 0.628. The molecule has 0 atom stereocenters. The summed E-state index contributed by atoms with van der Waals surface area (Å²) >= 11 is 0. The van der Waals surface area contributed by atoms with E-state index in [0.29, 0.717) is 18.6 Å². The summed E-state index contributed by atoms with van der Waals surface area (Å²) in [5.74, 6) is 1.45. The van der Waals surface area contributed by atoms with Crippen LogP contribution in [-0.4, -0.2) is 35.9 Å². The Labute approximate surface area is 171 Å². The number of nitrogens with one attached hydrogen (secondary N) is 1. The highest BCUT2D eigenvalue weighted by Crippen LogP contribution is 2.35. The molecule has 0 aliphatic heterocycles. The number of rotatable bonds is 8. The molecule has 0 aliphatic rings. The van der Waals surface area contributed by atoms with Gasteiger partial charge in [-0.2, -0.15) is 5.10 Å². The molecule has 0 radical (unpaired) electrons. The van der Waals surface area contributed by atoms with Crippen LogP contribution in [0.15, 0.2) is 54.7 Å². The van der Waals surface area contributed by atoms with E-state index in [1.54, 1.807) is 14.2 Å². The number of aromatic nitrogens is 2. The molecule has 1 heterocycles. The van der Waals surface area contributed by atoms with Gasteiger partial charge in [0.1, 0.15) is 11.5 Å². The van der Waals surface area contributed by atoms with Gasteiger partial charge in [-0.05, 0) is 56.2 Å². The maximum atomic E-state index is 12.2. The Kier molecular flexibility index (Phi) is 6.54. The number of benzene rings is 2. The molecule has 3 aromatic rings. The van der Waals surface area contributed by atoms with Crippen molar-refractivity contribution in [2.24, 2.45) is 0 Å². The monoisotopic (exact) mass is 393 g/mol. The molecule has 0 aliphatic carbocycles. The third kappa shape index (κ3) is 4.96. The highest BCUT2D eigenvalue weighted by atomic mass is 16.5. The molecule has 0 spiro atoms. The lowest BCUT2D eigenvalue weighted by Gasteiger charge is -2.11. The highest BCUT2D eigenvalue weighted by molar-refractivity contribution is 5.77. The molecular weight excluding hydrogens is 366 g/mol. The Hall–Kier alpha value is -3.28. The SMILES string of the molecule is COc1ccc(OC)c(-c2nn(-c3ccccc3)cc2CCC(=O)NC(C)C)c1. The predicted molar refractivity (Wildman–Crippen MR) is 114 cm³/mol. The van der Waals surface area contributed by atoms with Crippen molar-refractivity contribution < 1.29 is 14.3 Å².